The molecule has 1 aromatic rings. The lowest BCUT2D eigenvalue weighted by atomic mass is 10.2. The number of hydrogen-bond acceptors (Lipinski definition) is 3. The van der Waals surface area contributed by atoms with Crippen molar-refractivity contribution in [3.63, 3.8) is 0 Å². The normalized spacial score (nSPS) is 14.6. The highest BCUT2D eigenvalue weighted by molar-refractivity contribution is 6.74. The summed E-state index contributed by atoms with van der Waals surface area (Å²) in [6.07, 6.45) is 0.885. The molecule has 0 bridgehead atoms. The van der Waals surface area contributed by atoms with Crippen LogP contribution >= 0.6 is 0 Å². The van der Waals surface area contributed by atoms with Crippen LogP contribution in [0, 0.1) is 0 Å². The SMILES string of the molecule is CCc1cc(CO)n([C@@H](C)CO[Si](C)(C)C(C)(C)C)n1. The van der Waals surface area contributed by atoms with Crippen molar-refractivity contribution in [1.29, 1.82) is 0 Å². The molecular weight excluding hydrogens is 268 g/mol. The summed E-state index contributed by atoms with van der Waals surface area (Å²) in [6.45, 7) is 16.1. The Bertz CT molecular complexity index is 436. The monoisotopic (exact) mass is 298 g/mol. The highest BCUT2D eigenvalue weighted by atomic mass is 28.4. The van der Waals surface area contributed by atoms with Crippen molar-refractivity contribution < 1.29 is 9.53 Å². The van der Waals surface area contributed by atoms with E-state index in [0.29, 0.717) is 6.61 Å². The van der Waals surface area contributed by atoms with Gasteiger partial charge in [0.2, 0.25) is 0 Å². The fourth-order valence-electron chi connectivity index (χ4n) is 1.78. The largest absolute Gasteiger partial charge is 0.415 e. The molecule has 0 fully saturated rings. The van der Waals surface area contributed by atoms with Crippen LogP contribution in [0.1, 0.15) is 52.0 Å². The van der Waals surface area contributed by atoms with Crippen LogP contribution in [0.25, 0.3) is 0 Å². The van der Waals surface area contributed by atoms with Crippen LogP contribution in [-0.2, 0) is 17.5 Å². The van der Waals surface area contributed by atoms with Crippen molar-refractivity contribution >= 4 is 8.32 Å². The molecule has 1 aromatic heterocycles. The first-order valence-corrected chi connectivity index (χ1v) is 10.3. The molecule has 1 heterocycles. The average Bonchev–Trinajstić information content (AvgIpc) is 2.78. The molecule has 4 nitrogen and oxygen atoms in total. The summed E-state index contributed by atoms with van der Waals surface area (Å²) < 4.78 is 8.16. The summed E-state index contributed by atoms with van der Waals surface area (Å²) in [6, 6.07) is 2.12. The van der Waals surface area contributed by atoms with Crippen molar-refractivity contribution in [2.75, 3.05) is 6.61 Å². The second-order valence-electron chi connectivity index (χ2n) is 7.00. The fraction of sp³-hybridized carbons (Fsp3) is 0.800. The highest BCUT2D eigenvalue weighted by Crippen LogP contribution is 2.37. The molecule has 0 aliphatic heterocycles. The number of aliphatic hydroxyl groups excluding tert-OH is 1. The van der Waals surface area contributed by atoms with Gasteiger partial charge >= 0.3 is 0 Å². The molecule has 0 saturated heterocycles. The van der Waals surface area contributed by atoms with Gasteiger partial charge in [-0.3, -0.25) is 4.68 Å². The molecule has 5 heteroatoms. The zero-order valence-electron chi connectivity index (χ0n) is 14.0. The minimum Gasteiger partial charge on any atom is -0.415 e. The van der Waals surface area contributed by atoms with E-state index in [2.05, 4.69) is 52.8 Å². The lowest BCUT2D eigenvalue weighted by molar-refractivity contribution is 0.214. The van der Waals surface area contributed by atoms with Gasteiger partial charge in [-0.1, -0.05) is 27.7 Å². The highest BCUT2D eigenvalue weighted by Gasteiger charge is 2.37. The quantitative estimate of drug-likeness (QED) is 0.817. The third-order valence-electron chi connectivity index (χ3n) is 4.30. The Morgan fingerprint density at radius 2 is 2.00 bits per heavy atom. The van der Waals surface area contributed by atoms with Crippen molar-refractivity contribution in [2.45, 2.75) is 71.8 Å². The van der Waals surface area contributed by atoms with Crippen molar-refractivity contribution in [1.82, 2.24) is 9.78 Å². The lowest BCUT2D eigenvalue weighted by Gasteiger charge is -2.37. The molecule has 0 aliphatic rings. The fourth-order valence-corrected chi connectivity index (χ4v) is 2.87. The van der Waals surface area contributed by atoms with Gasteiger partial charge in [-0.25, -0.2) is 0 Å². The Hall–Kier alpha value is -0.653. The van der Waals surface area contributed by atoms with E-state index in [9.17, 15) is 5.11 Å². The van der Waals surface area contributed by atoms with Gasteiger partial charge in [0.1, 0.15) is 0 Å². The summed E-state index contributed by atoms with van der Waals surface area (Å²) in [5.41, 5.74) is 1.89. The molecule has 1 rings (SSSR count). The average molecular weight is 299 g/mol. The zero-order valence-corrected chi connectivity index (χ0v) is 15.0. The van der Waals surface area contributed by atoms with Crippen LogP contribution in [0.4, 0.5) is 0 Å². The van der Waals surface area contributed by atoms with Crippen molar-refractivity contribution in [2.24, 2.45) is 0 Å². The molecule has 1 atom stereocenters. The van der Waals surface area contributed by atoms with E-state index in [1.807, 2.05) is 10.7 Å². The lowest BCUT2D eigenvalue weighted by Crippen LogP contribution is -2.42. The molecule has 116 valence electrons. The summed E-state index contributed by atoms with van der Waals surface area (Å²) in [5, 5.41) is 14.2. The van der Waals surface area contributed by atoms with Gasteiger partial charge in [-0.15, -0.1) is 0 Å². The Labute approximate surface area is 124 Å². The third-order valence-corrected chi connectivity index (χ3v) is 8.80. The second-order valence-corrected chi connectivity index (χ2v) is 11.8. The van der Waals surface area contributed by atoms with E-state index in [-0.39, 0.29) is 17.7 Å². The first kappa shape index (κ1) is 17.4. The number of aryl methyl sites for hydroxylation is 1. The molecular formula is C15H30N2O2Si. The van der Waals surface area contributed by atoms with Crippen LogP contribution < -0.4 is 0 Å². The van der Waals surface area contributed by atoms with Gasteiger partial charge in [-0.2, -0.15) is 5.10 Å². The first-order valence-electron chi connectivity index (χ1n) is 7.44. The molecule has 0 spiro atoms. The summed E-state index contributed by atoms with van der Waals surface area (Å²) in [4.78, 5) is 0. The maximum atomic E-state index is 9.44. The van der Waals surface area contributed by atoms with E-state index in [0.717, 1.165) is 17.8 Å². The Morgan fingerprint density at radius 3 is 2.45 bits per heavy atom. The molecule has 0 amide bonds. The van der Waals surface area contributed by atoms with Crippen molar-refractivity contribution in [3.8, 4) is 0 Å². The van der Waals surface area contributed by atoms with E-state index < -0.39 is 8.32 Å². The van der Waals surface area contributed by atoms with Gasteiger partial charge < -0.3 is 9.53 Å². The van der Waals surface area contributed by atoms with E-state index in [1.165, 1.54) is 0 Å². The topological polar surface area (TPSA) is 47.3 Å². The number of hydrogen-bond donors (Lipinski definition) is 1. The molecule has 0 saturated carbocycles. The maximum absolute atomic E-state index is 9.44. The van der Waals surface area contributed by atoms with E-state index >= 15 is 0 Å². The van der Waals surface area contributed by atoms with Gasteiger partial charge in [0.25, 0.3) is 0 Å². The molecule has 1 N–H and O–H groups in total. The van der Waals surface area contributed by atoms with Crippen LogP contribution in [0.3, 0.4) is 0 Å². The number of aromatic nitrogens is 2. The predicted molar refractivity (Wildman–Crippen MR) is 85.4 cm³/mol. The van der Waals surface area contributed by atoms with Crippen LogP contribution in [0.5, 0.6) is 0 Å². The van der Waals surface area contributed by atoms with Gasteiger partial charge in [0.05, 0.1) is 30.6 Å². The van der Waals surface area contributed by atoms with Crippen LogP contribution in [0.15, 0.2) is 6.07 Å². The van der Waals surface area contributed by atoms with Gasteiger partial charge in [-0.05, 0) is 37.5 Å². The number of aliphatic hydroxyl groups is 1. The number of rotatable bonds is 6. The molecule has 0 aromatic carbocycles. The number of nitrogens with zero attached hydrogens (tertiary/aromatic N) is 2. The van der Waals surface area contributed by atoms with E-state index in [4.69, 9.17) is 4.43 Å². The molecule has 0 radical (unpaired) electrons. The maximum Gasteiger partial charge on any atom is 0.192 e. The molecule has 0 aliphatic carbocycles. The third kappa shape index (κ3) is 3.93. The van der Waals surface area contributed by atoms with E-state index in [1.54, 1.807) is 0 Å². The smallest absolute Gasteiger partial charge is 0.192 e. The summed E-state index contributed by atoms with van der Waals surface area (Å²) >= 11 is 0. The first-order chi connectivity index (χ1) is 9.12. The van der Waals surface area contributed by atoms with Crippen molar-refractivity contribution in [3.05, 3.63) is 17.5 Å². The molecule has 20 heavy (non-hydrogen) atoms. The minimum atomic E-state index is -1.73. The predicted octanol–water partition coefficient (Wildman–Crippen LogP) is 3.52. The van der Waals surface area contributed by atoms with Gasteiger partial charge in [0.15, 0.2) is 8.32 Å². The second kappa shape index (κ2) is 6.41. The summed E-state index contributed by atoms with van der Waals surface area (Å²) in [5.74, 6) is 0. The standard InChI is InChI=1S/C15H30N2O2Si/c1-8-13-9-14(10-18)17(16-13)12(2)11-19-20(6,7)15(3,4)5/h9,12,18H,8,10-11H2,1-7H3/t12-/m0/s1. The Balaban J connectivity index is 2.77. The summed E-state index contributed by atoms with van der Waals surface area (Å²) in [7, 11) is -1.73. The zero-order chi connectivity index (χ0) is 15.6. The molecule has 0 unspecified atom stereocenters. The van der Waals surface area contributed by atoms with Crippen LogP contribution in [0.2, 0.25) is 18.1 Å². The minimum absolute atomic E-state index is 0.0252. The van der Waals surface area contributed by atoms with Gasteiger partial charge in [0, 0.05) is 0 Å². The Morgan fingerprint density at radius 1 is 1.40 bits per heavy atom. The van der Waals surface area contributed by atoms with Crippen LogP contribution in [-0.4, -0.2) is 29.8 Å². The Kier molecular flexibility index (Phi) is 5.58.